The smallest absolute Gasteiger partial charge is 0.222 e. The number of aromatic amines is 1. The fourth-order valence-electron chi connectivity index (χ4n) is 2.46. The van der Waals surface area contributed by atoms with Crippen molar-refractivity contribution in [2.24, 2.45) is 0 Å². The highest BCUT2D eigenvalue weighted by atomic mass is 15.1. The summed E-state index contributed by atoms with van der Waals surface area (Å²) in [5, 5.41) is 1.20. The molecule has 0 spiro atoms. The number of benzene rings is 1. The summed E-state index contributed by atoms with van der Waals surface area (Å²) in [5.74, 6) is 0.263. The Kier molecular flexibility index (Phi) is 2.23. The van der Waals surface area contributed by atoms with Gasteiger partial charge in [-0.05, 0) is 17.7 Å². The highest BCUT2D eigenvalue weighted by Gasteiger charge is 2.08. The predicted molar refractivity (Wildman–Crippen MR) is 77.1 cm³/mol. The van der Waals surface area contributed by atoms with Gasteiger partial charge in [-0.15, -0.1) is 0 Å². The van der Waals surface area contributed by atoms with Crippen molar-refractivity contribution < 1.29 is 0 Å². The number of nitrogens with zero attached hydrogens (tertiary/aromatic N) is 4. The van der Waals surface area contributed by atoms with Crippen molar-refractivity contribution in [1.82, 2.24) is 24.5 Å². The average molecular weight is 264 g/mol. The summed E-state index contributed by atoms with van der Waals surface area (Å²) < 4.78 is 1.98. The van der Waals surface area contributed by atoms with Crippen LogP contribution in [0.4, 0.5) is 5.95 Å². The van der Waals surface area contributed by atoms with E-state index in [4.69, 9.17) is 5.73 Å². The first-order valence-corrected chi connectivity index (χ1v) is 6.29. The lowest BCUT2D eigenvalue weighted by Gasteiger charge is -2.05. The van der Waals surface area contributed by atoms with E-state index >= 15 is 0 Å². The summed E-state index contributed by atoms with van der Waals surface area (Å²) in [6.45, 7) is 0.697. The topological polar surface area (TPSA) is 85.4 Å². The van der Waals surface area contributed by atoms with Crippen LogP contribution in [0.2, 0.25) is 0 Å². The molecule has 0 atom stereocenters. The number of hydrogen-bond acceptors (Lipinski definition) is 4. The molecule has 3 aromatic heterocycles. The van der Waals surface area contributed by atoms with Crippen molar-refractivity contribution in [2.45, 2.75) is 6.54 Å². The predicted octanol–water partition coefficient (Wildman–Crippen LogP) is 1.94. The molecule has 0 bridgehead atoms. The third-order valence-corrected chi connectivity index (χ3v) is 3.40. The molecule has 98 valence electrons. The third-order valence-electron chi connectivity index (χ3n) is 3.40. The molecule has 4 rings (SSSR count). The van der Waals surface area contributed by atoms with Gasteiger partial charge in [0.25, 0.3) is 0 Å². The Morgan fingerprint density at radius 2 is 2.15 bits per heavy atom. The van der Waals surface area contributed by atoms with Crippen molar-refractivity contribution in [3.8, 4) is 0 Å². The molecule has 0 aliphatic rings. The van der Waals surface area contributed by atoms with E-state index in [0.29, 0.717) is 6.54 Å². The van der Waals surface area contributed by atoms with Crippen LogP contribution in [0.25, 0.3) is 22.1 Å². The van der Waals surface area contributed by atoms with Crippen LogP contribution in [-0.2, 0) is 6.54 Å². The second-order valence-corrected chi connectivity index (χ2v) is 4.67. The van der Waals surface area contributed by atoms with Crippen molar-refractivity contribution in [1.29, 1.82) is 0 Å². The second-order valence-electron chi connectivity index (χ2n) is 4.67. The average Bonchev–Trinajstić information content (AvgIpc) is 3.06. The van der Waals surface area contributed by atoms with E-state index in [1.54, 1.807) is 12.5 Å². The Morgan fingerprint density at radius 3 is 3.10 bits per heavy atom. The van der Waals surface area contributed by atoms with E-state index in [0.717, 1.165) is 16.7 Å². The number of hydrogen-bond donors (Lipinski definition) is 2. The number of anilines is 1. The molecular weight excluding hydrogens is 252 g/mol. The van der Waals surface area contributed by atoms with E-state index in [-0.39, 0.29) is 5.95 Å². The molecular formula is C14H12N6. The van der Waals surface area contributed by atoms with Crippen LogP contribution in [-0.4, -0.2) is 24.5 Å². The second kappa shape index (κ2) is 4.06. The van der Waals surface area contributed by atoms with Gasteiger partial charge in [-0.3, -0.25) is 0 Å². The zero-order valence-electron chi connectivity index (χ0n) is 10.6. The largest absolute Gasteiger partial charge is 0.368 e. The van der Waals surface area contributed by atoms with Gasteiger partial charge >= 0.3 is 0 Å². The molecule has 0 radical (unpaired) electrons. The first-order valence-electron chi connectivity index (χ1n) is 6.29. The summed E-state index contributed by atoms with van der Waals surface area (Å²) in [6, 6.07) is 8.28. The van der Waals surface area contributed by atoms with E-state index < -0.39 is 0 Å². The number of imidazole rings is 1. The fraction of sp³-hybridized carbons (Fsp3) is 0.0714. The molecule has 1 aromatic carbocycles. The highest BCUT2D eigenvalue weighted by Crippen LogP contribution is 2.20. The highest BCUT2D eigenvalue weighted by molar-refractivity contribution is 5.83. The van der Waals surface area contributed by atoms with Crippen LogP contribution in [0.1, 0.15) is 5.56 Å². The molecule has 4 aromatic rings. The molecule has 3 N–H and O–H groups in total. The first kappa shape index (κ1) is 11.0. The zero-order valence-corrected chi connectivity index (χ0v) is 10.6. The number of nitrogens with two attached hydrogens (primary N) is 1. The number of nitrogen functional groups attached to an aromatic ring is 1. The van der Waals surface area contributed by atoms with Gasteiger partial charge in [-0.1, -0.05) is 12.1 Å². The molecule has 6 heteroatoms. The van der Waals surface area contributed by atoms with Crippen LogP contribution in [0.3, 0.4) is 0 Å². The van der Waals surface area contributed by atoms with Gasteiger partial charge in [0.15, 0.2) is 5.65 Å². The van der Waals surface area contributed by atoms with Gasteiger partial charge in [-0.2, -0.15) is 4.98 Å². The summed E-state index contributed by atoms with van der Waals surface area (Å²) in [6.07, 6.45) is 5.36. The Bertz CT molecular complexity index is 904. The molecule has 0 aliphatic carbocycles. The lowest BCUT2D eigenvalue weighted by atomic mass is 10.1. The minimum atomic E-state index is 0.263. The lowest BCUT2D eigenvalue weighted by molar-refractivity contribution is 0.819. The van der Waals surface area contributed by atoms with Crippen molar-refractivity contribution in [2.75, 3.05) is 5.73 Å². The quantitative estimate of drug-likeness (QED) is 0.579. The van der Waals surface area contributed by atoms with Gasteiger partial charge in [0.05, 0.1) is 19.1 Å². The van der Waals surface area contributed by atoms with Crippen LogP contribution in [0, 0.1) is 0 Å². The molecule has 3 heterocycles. The fourth-order valence-corrected chi connectivity index (χ4v) is 2.46. The van der Waals surface area contributed by atoms with Crippen LogP contribution in [0.15, 0.2) is 43.0 Å². The van der Waals surface area contributed by atoms with Gasteiger partial charge in [0, 0.05) is 17.1 Å². The minimum absolute atomic E-state index is 0.263. The van der Waals surface area contributed by atoms with Gasteiger partial charge in [0.2, 0.25) is 5.95 Å². The Morgan fingerprint density at radius 1 is 1.20 bits per heavy atom. The van der Waals surface area contributed by atoms with Crippen molar-refractivity contribution in [3.05, 3.63) is 48.5 Å². The lowest BCUT2D eigenvalue weighted by Crippen LogP contribution is -2.02. The van der Waals surface area contributed by atoms with E-state index in [1.165, 1.54) is 10.9 Å². The number of aromatic nitrogens is 5. The summed E-state index contributed by atoms with van der Waals surface area (Å²) >= 11 is 0. The van der Waals surface area contributed by atoms with Crippen LogP contribution < -0.4 is 5.73 Å². The van der Waals surface area contributed by atoms with Crippen LogP contribution in [0.5, 0.6) is 0 Å². The summed E-state index contributed by atoms with van der Waals surface area (Å²) in [7, 11) is 0. The number of fused-ring (bicyclic) bond motifs is 2. The minimum Gasteiger partial charge on any atom is -0.368 e. The monoisotopic (exact) mass is 264 g/mol. The van der Waals surface area contributed by atoms with E-state index in [2.05, 4.69) is 38.1 Å². The van der Waals surface area contributed by atoms with E-state index in [1.807, 2.05) is 16.8 Å². The molecule has 6 nitrogen and oxygen atoms in total. The normalized spacial score (nSPS) is 11.4. The molecule has 0 saturated heterocycles. The van der Waals surface area contributed by atoms with Gasteiger partial charge in [-0.25, -0.2) is 9.97 Å². The number of rotatable bonds is 2. The SMILES string of the molecule is Nc1ncc2ncn(Cc3cccc4[nH]ccc34)c2n1. The molecule has 0 aliphatic heterocycles. The van der Waals surface area contributed by atoms with Crippen molar-refractivity contribution in [3.63, 3.8) is 0 Å². The summed E-state index contributed by atoms with van der Waals surface area (Å²) in [5.41, 5.74) is 9.49. The van der Waals surface area contributed by atoms with Gasteiger partial charge in [0.1, 0.15) is 5.52 Å². The molecule has 0 unspecified atom stereocenters. The van der Waals surface area contributed by atoms with Crippen LogP contribution >= 0.6 is 0 Å². The maximum atomic E-state index is 5.65. The number of H-pyrrole nitrogens is 1. The maximum Gasteiger partial charge on any atom is 0.222 e. The summed E-state index contributed by atoms with van der Waals surface area (Å²) in [4.78, 5) is 15.7. The Labute approximate surface area is 114 Å². The van der Waals surface area contributed by atoms with Gasteiger partial charge < -0.3 is 15.3 Å². The van der Waals surface area contributed by atoms with Crippen molar-refractivity contribution >= 4 is 28.0 Å². The molecule has 0 fully saturated rings. The molecule has 0 amide bonds. The number of nitrogens with one attached hydrogen (secondary N) is 1. The maximum absolute atomic E-state index is 5.65. The van der Waals surface area contributed by atoms with E-state index in [9.17, 15) is 0 Å². The zero-order chi connectivity index (χ0) is 13.5. The molecule has 0 saturated carbocycles. The third kappa shape index (κ3) is 1.62. The molecule has 20 heavy (non-hydrogen) atoms. The Hall–Kier alpha value is -2.89. The standard InChI is InChI=1S/C14H12N6/c15-14-17-6-12-13(19-14)20(8-18-12)7-9-2-1-3-11-10(9)4-5-16-11/h1-6,8,16H,7H2,(H2,15,17,19). The Balaban J connectivity index is 1.84. The first-order chi connectivity index (χ1) is 9.81.